The predicted molar refractivity (Wildman–Crippen MR) is 83.9 cm³/mol. The molecule has 0 unspecified atom stereocenters. The minimum atomic E-state index is -2.99. The van der Waals surface area contributed by atoms with Crippen LogP contribution >= 0.6 is 0 Å². The normalized spacial score (nSPS) is 17.0. The van der Waals surface area contributed by atoms with Gasteiger partial charge in [-0.25, -0.2) is 18.2 Å². The van der Waals surface area contributed by atoms with Crippen molar-refractivity contribution in [2.45, 2.75) is 19.8 Å². The molecule has 7 nitrogen and oxygen atoms in total. The molecule has 1 fully saturated rings. The highest BCUT2D eigenvalue weighted by Gasteiger charge is 2.24. The lowest BCUT2D eigenvalue weighted by Crippen LogP contribution is -2.45. The van der Waals surface area contributed by atoms with Gasteiger partial charge in [0.1, 0.15) is 0 Å². The molecule has 1 saturated heterocycles. The van der Waals surface area contributed by atoms with Gasteiger partial charge in [0.25, 0.3) is 0 Å². The van der Waals surface area contributed by atoms with Gasteiger partial charge in [-0.2, -0.15) is 0 Å². The van der Waals surface area contributed by atoms with Gasteiger partial charge in [0.05, 0.1) is 30.0 Å². The summed E-state index contributed by atoms with van der Waals surface area (Å²) in [6.45, 7) is 3.15. The lowest BCUT2D eigenvalue weighted by molar-refractivity contribution is 0.216. The maximum absolute atomic E-state index is 12.0. The maximum atomic E-state index is 12.0. The summed E-state index contributed by atoms with van der Waals surface area (Å²) in [4.78, 5) is 17.6. The molecule has 0 radical (unpaired) electrons. The molecule has 1 aliphatic heterocycles. The number of aromatic nitrogens is 1. The molecule has 0 bridgehead atoms. The van der Waals surface area contributed by atoms with Gasteiger partial charge in [-0.15, -0.1) is 0 Å². The first-order valence-electron chi connectivity index (χ1n) is 7.35. The topological polar surface area (TPSA) is 88.6 Å². The number of sulfone groups is 1. The predicted octanol–water partition coefficient (Wildman–Crippen LogP) is 1.52. The van der Waals surface area contributed by atoms with E-state index in [1.807, 2.05) is 0 Å². The lowest BCUT2D eigenvalue weighted by Gasteiger charge is -2.26. The van der Waals surface area contributed by atoms with Crippen LogP contribution in [0.5, 0.6) is 5.88 Å². The van der Waals surface area contributed by atoms with Crippen LogP contribution in [-0.4, -0.2) is 55.5 Å². The van der Waals surface area contributed by atoms with E-state index in [0.717, 1.165) is 12.8 Å². The Kier molecular flexibility index (Phi) is 5.59. The van der Waals surface area contributed by atoms with E-state index in [0.29, 0.717) is 18.2 Å². The van der Waals surface area contributed by atoms with Crippen molar-refractivity contribution >= 4 is 21.6 Å². The molecule has 2 amide bonds. The van der Waals surface area contributed by atoms with E-state index < -0.39 is 9.84 Å². The monoisotopic (exact) mass is 327 g/mol. The molecule has 1 aromatic rings. The van der Waals surface area contributed by atoms with Crippen LogP contribution in [0.1, 0.15) is 19.8 Å². The molecular weight excluding hydrogens is 306 g/mol. The SMILES string of the molecule is CCCCOc1ccc(NC(=O)N2CCS(=O)(=O)CC2)cn1. The zero-order chi connectivity index (χ0) is 16.0. The van der Waals surface area contributed by atoms with E-state index in [-0.39, 0.29) is 30.6 Å². The summed E-state index contributed by atoms with van der Waals surface area (Å²) in [7, 11) is -2.99. The van der Waals surface area contributed by atoms with Gasteiger partial charge in [0.2, 0.25) is 5.88 Å². The Labute approximate surface area is 130 Å². The van der Waals surface area contributed by atoms with Crippen molar-refractivity contribution in [3.8, 4) is 5.88 Å². The first kappa shape index (κ1) is 16.5. The van der Waals surface area contributed by atoms with Crippen LogP contribution in [0, 0.1) is 0 Å². The minimum absolute atomic E-state index is 0.0167. The Morgan fingerprint density at radius 2 is 2.09 bits per heavy atom. The highest BCUT2D eigenvalue weighted by molar-refractivity contribution is 7.91. The summed E-state index contributed by atoms with van der Waals surface area (Å²) < 4.78 is 28.1. The largest absolute Gasteiger partial charge is 0.478 e. The van der Waals surface area contributed by atoms with Crippen molar-refractivity contribution in [2.24, 2.45) is 0 Å². The van der Waals surface area contributed by atoms with Crippen LogP contribution in [0.25, 0.3) is 0 Å². The third kappa shape index (κ3) is 4.87. The van der Waals surface area contributed by atoms with Crippen LogP contribution in [-0.2, 0) is 9.84 Å². The van der Waals surface area contributed by atoms with E-state index in [1.165, 1.54) is 11.1 Å². The number of urea groups is 1. The highest BCUT2D eigenvalue weighted by atomic mass is 32.2. The van der Waals surface area contributed by atoms with Crippen LogP contribution < -0.4 is 10.1 Å². The molecular formula is C14H21N3O4S. The summed E-state index contributed by atoms with van der Waals surface area (Å²) in [6.07, 6.45) is 3.55. The minimum Gasteiger partial charge on any atom is -0.478 e. The smallest absolute Gasteiger partial charge is 0.321 e. The first-order chi connectivity index (χ1) is 10.5. The molecule has 8 heteroatoms. The number of pyridine rings is 1. The standard InChI is InChI=1S/C14H21N3O4S/c1-2-3-8-21-13-5-4-12(11-15-13)16-14(18)17-6-9-22(19,20)10-7-17/h4-5,11H,2-3,6-10H2,1H3,(H,16,18). The van der Waals surface area contributed by atoms with Crippen molar-refractivity contribution in [2.75, 3.05) is 36.5 Å². The summed E-state index contributed by atoms with van der Waals surface area (Å²) in [5.74, 6) is 0.557. The maximum Gasteiger partial charge on any atom is 0.321 e. The lowest BCUT2D eigenvalue weighted by atomic mass is 10.3. The molecule has 0 saturated carbocycles. The van der Waals surface area contributed by atoms with Crippen LogP contribution in [0.4, 0.5) is 10.5 Å². The molecule has 1 aliphatic rings. The van der Waals surface area contributed by atoms with Crippen molar-refractivity contribution in [3.63, 3.8) is 0 Å². The zero-order valence-electron chi connectivity index (χ0n) is 12.6. The van der Waals surface area contributed by atoms with E-state index in [9.17, 15) is 13.2 Å². The van der Waals surface area contributed by atoms with Gasteiger partial charge in [0, 0.05) is 19.2 Å². The third-order valence-corrected chi connectivity index (χ3v) is 4.98. The zero-order valence-corrected chi connectivity index (χ0v) is 13.4. The average molecular weight is 327 g/mol. The summed E-state index contributed by atoms with van der Waals surface area (Å²) in [5, 5.41) is 2.71. The number of nitrogens with zero attached hydrogens (tertiary/aromatic N) is 2. The number of amides is 2. The fourth-order valence-corrected chi connectivity index (χ4v) is 3.18. The Morgan fingerprint density at radius 3 is 2.68 bits per heavy atom. The second-order valence-electron chi connectivity index (χ2n) is 5.16. The van der Waals surface area contributed by atoms with Gasteiger partial charge in [-0.3, -0.25) is 0 Å². The number of carbonyl (C=O) groups excluding carboxylic acids is 1. The number of anilines is 1. The van der Waals surface area contributed by atoms with E-state index in [4.69, 9.17) is 4.74 Å². The molecule has 1 aromatic heterocycles. The van der Waals surface area contributed by atoms with Crippen LogP contribution in [0.15, 0.2) is 18.3 Å². The third-order valence-electron chi connectivity index (χ3n) is 3.37. The number of hydrogen-bond acceptors (Lipinski definition) is 5. The van der Waals surface area contributed by atoms with E-state index in [2.05, 4.69) is 17.2 Å². The molecule has 22 heavy (non-hydrogen) atoms. The Hall–Kier alpha value is -1.83. The number of ether oxygens (including phenoxy) is 1. The first-order valence-corrected chi connectivity index (χ1v) is 9.17. The van der Waals surface area contributed by atoms with Gasteiger partial charge < -0.3 is 15.0 Å². The second kappa shape index (κ2) is 7.44. The molecule has 0 aromatic carbocycles. The van der Waals surface area contributed by atoms with E-state index in [1.54, 1.807) is 12.1 Å². The number of nitrogens with one attached hydrogen (secondary N) is 1. The number of hydrogen-bond donors (Lipinski definition) is 1. The Balaban J connectivity index is 1.84. The van der Waals surface area contributed by atoms with Crippen molar-refractivity contribution in [1.82, 2.24) is 9.88 Å². The summed E-state index contributed by atoms with van der Waals surface area (Å²) in [6, 6.07) is 3.11. The van der Waals surface area contributed by atoms with Crippen molar-refractivity contribution in [3.05, 3.63) is 18.3 Å². The molecule has 0 aliphatic carbocycles. The van der Waals surface area contributed by atoms with Gasteiger partial charge >= 0.3 is 6.03 Å². The Morgan fingerprint density at radius 1 is 1.36 bits per heavy atom. The quantitative estimate of drug-likeness (QED) is 0.828. The average Bonchev–Trinajstić information content (AvgIpc) is 2.49. The fourth-order valence-electron chi connectivity index (χ4n) is 1.98. The van der Waals surface area contributed by atoms with Crippen molar-refractivity contribution < 1.29 is 17.9 Å². The van der Waals surface area contributed by atoms with E-state index >= 15 is 0 Å². The Bertz CT molecular complexity index is 587. The molecule has 0 atom stereocenters. The van der Waals surface area contributed by atoms with Gasteiger partial charge in [-0.1, -0.05) is 13.3 Å². The second-order valence-corrected chi connectivity index (χ2v) is 7.46. The molecule has 2 rings (SSSR count). The molecule has 122 valence electrons. The number of carbonyl (C=O) groups is 1. The number of unbranched alkanes of at least 4 members (excludes halogenated alkanes) is 1. The highest BCUT2D eigenvalue weighted by Crippen LogP contribution is 2.13. The van der Waals surface area contributed by atoms with Crippen molar-refractivity contribution in [1.29, 1.82) is 0 Å². The molecule has 1 N–H and O–H groups in total. The van der Waals surface area contributed by atoms with Gasteiger partial charge in [-0.05, 0) is 12.5 Å². The van der Waals surface area contributed by atoms with Crippen LogP contribution in [0.3, 0.4) is 0 Å². The van der Waals surface area contributed by atoms with Crippen LogP contribution in [0.2, 0.25) is 0 Å². The summed E-state index contributed by atoms with van der Waals surface area (Å²) >= 11 is 0. The fraction of sp³-hybridized carbons (Fsp3) is 0.571. The summed E-state index contributed by atoms with van der Waals surface area (Å²) in [5.41, 5.74) is 0.557. The molecule has 2 heterocycles. The number of rotatable bonds is 5. The van der Waals surface area contributed by atoms with Gasteiger partial charge in [0.15, 0.2) is 9.84 Å². The molecule has 0 spiro atoms.